The van der Waals surface area contributed by atoms with Crippen LogP contribution in [-0.4, -0.2) is 26.7 Å². The van der Waals surface area contributed by atoms with Crippen molar-refractivity contribution in [1.29, 1.82) is 0 Å². The van der Waals surface area contributed by atoms with Crippen molar-refractivity contribution in [2.75, 3.05) is 25.5 Å². The molecule has 1 aromatic rings. The third-order valence-corrected chi connectivity index (χ3v) is 3.37. The van der Waals surface area contributed by atoms with Crippen molar-refractivity contribution in [2.45, 2.75) is 31.7 Å². The van der Waals surface area contributed by atoms with Gasteiger partial charge in [0.15, 0.2) is 0 Å². The third kappa shape index (κ3) is 2.99. The minimum absolute atomic E-state index is 0.753. The van der Waals surface area contributed by atoms with Crippen LogP contribution in [0.3, 0.4) is 0 Å². The van der Waals surface area contributed by atoms with Crippen molar-refractivity contribution in [1.82, 2.24) is 5.32 Å². The maximum absolute atomic E-state index is 3.55. The Bertz CT molecular complexity index is 327. The zero-order chi connectivity index (χ0) is 11.4. The number of nitrogens with one attached hydrogen (secondary N) is 1. The molecule has 1 heterocycles. The van der Waals surface area contributed by atoms with Gasteiger partial charge in [-0.25, -0.2) is 0 Å². The first-order valence-electron chi connectivity index (χ1n) is 6.25. The quantitative estimate of drug-likeness (QED) is 0.835. The van der Waals surface area contributed by atoms with Crippen LogP contribution in [0.25, 0.3) is 0 Å². The Balaban J connectivity index is 1.90. The van der Waals surface area contributed by atoms with Gasteiger partial charge in [-0.05, 0) is 49.9 Å². The number of hydrogen-bond acceptors (Lipinski definition) is 2. The second kappa shape index (κ2) is 5.35. The molecule has 0 bridgehead atoms. The molecule has 1 saturated heterocycles. The summed E-state index contributed by atoms with van der Waals surface area (Å²) in [5.41, 5.74) is 2.76. The fourth-order valence-electron chi connectivity index (χ4n) is 2.33. The summed E-state index contributed by atoms with van der Waals surface area (Å²) in [6.07, 6.45) is 5.17. The second-order valence-corrected chi connectivity index (χ2v) is 4.90. The Kier molecular flexibility index (Phi) is 3.83. The summed E-state index contributed by atoms with van der Waals surface area (Å²) in [7, 11) is 4.19. The highest BCUT2D eigenvalue weighted by atomic mass is 15.1. The van der Waals surface area contributed by atoms with E-state index in [-0.39, 0.29) is 0 Å². The number of nitrogens with zero attached hydrogens (tertiary/aromatic N) is 1. The molecule has 2 rings (SSSR count). The highest BCUT2D eigenvalue weighted by Gasteiger charge is 2.13. The van der Waals surface area contributed by atoms with Crippen molar-refractivity contribution >= 4 is 5.69 Å². The summed E-state index contributed by atoms with van der Waals surface area (Å²) in [4.78, 5) is 2.16. The molecule has 0 aliphatic carbocycles. The molecule has 0 amide bonds. The number of benzene rings is 1. The Morgan fingerprint density at radius 2 is 2.25 bits per heavy atom. The molecule has 1 fully saturated rings. The lowest BCUT2D eigenvalue weighted by Crippen LogP contribution is -2.21. The highest BCUT2D eigenvalue weighted by molar-refractivity contribution is 5.47. The predicted octanol–water partition coefficient (Wildman–Crippen LogP) is 2.44. The lowest BCUT2D eigenvalue weighted by atomic mass is 10.0. The van der Waals surface area contributed by atoms with Gasteiger partial charge in [0.25, 0.3) is 0 Å². The van der Waals surface area contributed by atoms with Crippen LogP contribution in [0.4, 0.5) is 5.69 Å². The summed E-state index contributed by atoms with van der Waals surface area (Å²) < 4.78 is 0. The first-order chi connectivity index (χ1) is 7.75. The van der Waals surface area contributed by atoms with Gasteiger partial charge in [0, 0.05) is 25.8 Å². The summed E-state index contributed by atoms with van der Waals surface area (Å²) in [5.74, 6) is 0. The molecule has 0 saturated carbocycles. The average molecular weight is 218 g/mol. The van der Waals surface area contributed by atoms with E-state index >= 15 is 0 Å². The summed E-state index contributed by atoms with van der Waals surface area (Å²) in [5, 5.41) is 3.55. The topological polar surface area (TPSA) is 15.3 Å². The molecule has 1 aromatic carbocycles. The van der Waals surface area contributed by atoms with Gasteiger partial charge in [0.2, 0.25) is 0 Å². The third-order valence-electron chi connectivity index (χ3n) is 3.37. The number of rotatable bonds is 4. The van der Waals surface area contributed by atoms with Gasteiger partial charge < -0.3 is 10.2 Å². The number of hydrogen-bond donors (Lipinski definition) is 1. The molecule has 0 aromatic heterocycles. The maximum Gasteiger partial charge on any atom is 0.0363 e. The van der Waals surface area contributed by atoms with Crippen molar-refractivity contribution in [3.8, 4) is 0 Å². The Hall–Kier alpha value is -1.02. The van der Waals surface area contributed by atoms with E-state index in [9.17, 15) is 0 Å². The largest absolute Gasteiger partial charge is 0.378 e. The van der Waals surface area contributed by atoms with E-state index in [0.29, 0.717) is 0 Å². The van der Waals surface area contributed by atoms with Gasteiger partial charge in [-0.15, -0.1) is 0 Å². The van der Waals surface area contributed by atoms with E-state index in [1.165, 1.54) is 43.5 Å². The van der Waals surface area contributed by atoms with Crippen LogP contribution in [-0.2, 0) is 6.42 Å². The minimum atomic E-state index is 0.753. The molecular weight excluding hydrogens is 196 g/mol. The molecule has 2 nitrogen and oxygen atoms in total. The van der Waals surface area contributed by atoms with Crippen LogP contribution in [0.5, 0.6) is 0 Å². The molecule has 0 spiro atoms. The van der Waals surface area contributed by atoms with Gasteiger partial charge in [-0.3, -0.25) is 0 Å². The average Bonchev–Trinajstić information content (AvgIpc) is 2.79. The number of aryl methyl sites for hydroxylation is 1. The van der Waals surface area contributed by atoms with Gasteiger partial charge >= 0.3 is 0 Å². The van der Waals surface area contributed by atoms with Crippen LogP contribution in [0.15, 0.2) is 24.3 Å². The standard InChI is InChI=1S/C14H22N2/c1-16(2)14-7-3-5-12(11-14)8-9-13-6-4-10-15-13/h3,5,7,11,13,15H,4,6,8-10H2,1-2H3. The molecule has 88 valence electrons. The van der Waals surface area contributed by atoms with E-state index < -0.39 is 0 Å². The summed E-state index contributed by atoms with van der Waals surface area (Å²) in [6.45, 7) is 1.21. The first-order valence-corrected chi connectivity index (χ1v) is 6.25. The van der Waals surface area contributed by atoms with Crippen LogP contribution in [0.2, 0.25) is 0 Å². The number of anilines is 1. The van der Waals surface area contributed by atoms with Gasteiger partial charge in [0.1, 0.15) is 0 Å². The Morgan fingerprint density at radius 1 is 1.38 bits per heavy atom. The first kappa shape index (κ1) is 11.5. The smallest absolute Gasteiger partial charge is 0.0363 e. The van der Waals surface area contributed by atoms with E-state index in [2.05, 4.69) is 48.6 Å². The minimum Gasteiger partial charge on any atom is -0.378 e. The van der Waals surface area contributed by atoms with Crippen molar-refractivity contribution in [3.63, 3.8) is 0 Å². The monoisotopic (exact) mass is 218 g/mol. The second-order valence-electron chi connectivity index (χ2n) is 4.90. The Morgan fingerprint density at radius 3 is 2.94 bits per heavy atom. The molecule has 16 heavy (non-hydrogen) atoms. The van der Waals surface area contributed by atoms with Gasteiger partial charge in [-0.2, -0.15) is 0 Å². The predicted molar refractivity (Wildman–Crippen MR) is 70.1 cm³/mol. The molecule has 1 N–H and O–H groups in total. The van der Waals surface area contributed by atoms with Gasteiger partial charge in [0.05, 0.1) is 0 Å². The van der Waals surface area contributed by atoms with Gasteiger partial charge in [-0.1, -0.05) is 12.1 Å². The van der Waals surface area contributed by atoms with E-state index in [1.807, 2.05) is 0 Å². The lowest BCUT2D eigenvalue weighted by Gasteiger charge is -2.14. The molecular formula is C14H22N2. The van der Waals surface area contributed by atoms with Crippen molar-refractivity contribution in [2.24, 2.45) is 0 Å². The lowest BCUT2D eigenvalue weighted by molar-refractivity contribution is 0.559. The molecule has 1 atom stereocenters. The zero-order valence-electron chi connectivity index (χ0n) is 10.4. The highest BCUT2D eigenvalue weighted by Crippen LogP contribution is 2.17. The fourth-order valence-corrected chi connectivity index (χ4v) is 2.33. The molecule has 1 aliphatic heterocycles. The van der Waals surface area contributed by atoms with Crippen LogP contribution in [0.1, 0.15) is 24.8 Å². The van der Waals surface area contributed by atoms with E-state index in [4.69, 9.17) is 0 Å². The molecule has 1 unspecified atom stereocenters. The van der Waals surface area contributed by atoms with Crippen LogP contribution in [0, 0.1) is 0 Å². The van der Waals surface area contributed by atoms with Crippen molar-refractivity contribution in [3.05, 3.63) is 29.8 Å². The summed E-state index contributed by atoms with van der Waals surface area (Å²) >= 11 is 0. The van der Waals surface area contributed by atoms with E-state index in [0.717, 1.165) is 6.04 Å². The zero-order valence-corrected chi connectivity index (χ0v) is 10.4. The van der Waals surface area contributed by atoms with Crippen molar-refractivity contribution < 1.29 is 0 Å². The molecule has 2 heteroatoms. The van der Waals surface area contributed by atoms with Crippen LogP contribution < -0.4 is 10.2 Å². The Labute approximate surface area is 98.7 Å². The summed E-state index contributed by atoms with van der Waals surface area (Å²) in [6, 6.07) is 9.61. The molecule has 1 aliphatic rings. The van der Waals surface area contributed by atoms with E-state index in [1.54, 1.807) is 0 Å². The maximum atomic E-state index is 3.55. The normalized spacial score (nSPS) is 20.0. The SMILES string of the molecule is CN(C)c1cccc(CCC2CCCN2)c1. The van der Waals surface area contributed by atoms with Crippen LogP contribution >= 0.6 is 0 Å². The fraction of sp³-hybridized carbons (Fsp3) is 0.571. The molecule has 0 radical (unpaired) electrons.